The lowest BCUT2D eigenvalue weighted by Crippen LogP contribution is -2.32. The van der Waals surface area contributed by atoms with Crippen LogP contribution < -0.4 is 9.47 Å². The average Bonchev–Trinajstić information content (AvgIpc) is 2.41. The monoisotopic (exact) mass is 261 g/mol. The van der Waals surface area contributed by atoms with Crippen LogP contribution in [0.5, 0.6) is 11.5 Å². The predicted molar refractivity (Wildman–Crippen MR) is 72.6 cm³/mol. The smallest absolute Gasteiger partial charge is 0.235 e. The van der Waals surface area contributed by atoms with Crippen molar-refractivity contribution in [2.24, 2.45) is 4.99 Å². The highest BCUT2D eigenvalue weighted by Crippen LogP contribution is 2.49. The standard InChI is InChI=1S/C15H19NO3/c1-4-11-8-12(14(19-3)9-13(11)18-2)15(16-10-17)6-5-7-15/h8-9H,4-7H2,1-3H3. The molecule has 1 aliphatic rings. The van der Waals surface area contributed by atoms with Gasteiger partial charge in [-0.1, -0.05) is 6.92 Å². The van der Waals surface area contributed by atoms with Crippen molar-refractivity contribution in [1.82, 2.24) is 0 Å². The lowest BCUT2D eigenvalue weighted by atomic mass is 9.71. The van der Waals surface area contributed by atoms with E-state index in [2.05, 4.69) is 18.0 Å². The van der Waals surface area contributed by atoms with Gasteiger partial charge in [0.2, 0.25) is 6.08 Å². The number of aryl methyl sites for hydroxylation is 1. The van der Waals surface area contributed by atoms with Crippen LogP contribution >= 0.6 is 0 Å². The average molecular weight is 261 g/mol. The van der Waals surface area contributed by atoms with Crippen LogP contribution in [0.3, 0.4) is 0 Å². The third-order valence-corrected chi connectivity index (χ3v) is 3.93. The van der Waals surface area contributed by atoms with Crippen molar-refractivity contribution in [3.63, 3.8) is 0 Å². The van der Waals surface area contributed by atoms with Crippen molar-refractivity contribution < 1.29 is 14.3 Å². The number of benzene rings is 1. The second-order valence-electron chi connectivity index (χ2n) is 4.81. The Kier molecular flexibility index (Phi) is 3.91. The van der Waals surface area contributed by atoms with E-state index in [1.807, 2.05) is 6.07 Å². The maximum absolute atomic E-state index is 10.7. The second kappa shape index (κ2) is 5.45. The maximum atomic E-state index is 10.7. The van der Waals surface area contributed by atoms with Gasteiger partial charge in [0.25, 0.3) is 0 Å². The van der Waals surface area contributed by atoms with E-state index in [9.17, 15) is 4.79 Å². The normalized spacial score (nSPS) is 16.2. The van der Waals surface area contributed by atoms with E-state index in [0.29, 0.717) is 0 Å². The van der Waals surface area contributed by atoms with Gasteiger partial charge in [0, 0.05) is 11.6 Å². The van der Waals surface area contributed by atoms with E-state index < -0.39 is 5.54 Å². The van der Waals surface area contributed by atoms with Gasteiger partial charge in [-0.05, 0) is 37.3 Å². The van der Waals surface area contributed by atoms with Crippen molar-refractivity contribution in [3.05, 3.63) is 23.3 Å². The van der Waals surface area contributed by atoms with Crippen LogP contribution in [0.4, 0.5) is 0 Å². The molecule has 0 spiro atoms. The van der Waals surface area contributed by atoms with Crippen LogP contribution in [-0.2, 0) is 16.8 Å². The molecule has 0 N–H and O–H groups in total. The fourth-order valence-corrected chi connectivity index (χ4v) is 2.65. The van der Waals surface area contributed by atoms with E-state index in [1.54, 1.807) is 20.3 Å². The highest BCUT2D eigenvalue weighted by molar-refractivity contribution is 5.52. The molecule has 102 valence electrons. The number of ether oxygens (including phenoxy) is 2. The molecule has 0 unspecified atom stereocenters. The Morgan fingerprint density at radius 2 is 1.95 bits per heavy atom. The second-order valence-corrected chi connectivity index (χ2v) is 4.81. The number of nitrogens with zero attached hydrogens (tertiary/aromatic N) is 1. The quantitative estimate of drug-likeness (QED) is 0.604. The Bertz CT molecular complexity index is 514. The summed E-state index contributed by atoms with van der Waals surface area (Å²) < 4.78 is 10.8. The third-order valence-electron chi connectivity index (χ3n) is 3.93. The molecule has 0 radical (unpaired) electrons. The summed E-state index contributed by atoms with van der Waals surface area (Å²) >= 11 is 0. The molecule has 0 aromatic heterocycles. The van der Waals surface area contributed by atoms with Crippen LogP contribution in [0.25, 0.3) is 0 Å². The SMILES string of the molecule is CCc1cc(C2(N=C=O)CCC2)c(OC)cc1OC. The Morgan fingerprint density at radius 3 is 2.37 bits per heavy atom. The zero-order valence-corrected chi connectivity index (χ0v) is 11.7. The molecular formula is C15H19NO3. The van der Waals surface area contributed by atoms with Gasteiger partial charge in [0.05, 0.1) is 14.2 Å². The lowest BCUT2D eigenvalue weighted by molar-refractivity contribution is 0.245. The zero-order valence-electron chi connectivity index (χ0n) is 11.7. The molecule has 1 aromatic rings. The van der Waals surface area contributed by atoms with Gasteiger partial charge in [0.1, 0.15) is 17.0 Å². The molecule has 1 fully saturated rings. The number of isocyanates is 1. The van der Waals surface area contributed by atoms with Crippen LogP contribution in [0.2, 0.25) is 0 Å². The molecule has 4 heteroatoms. The number of hydrogen-bond acceptors (Lipinski definition) is 4. The first-order chi connectivity index (χ1) is 9.20. The summed E-state index contributed by atoms with van der Waals surface area (Å²) in [5, 5.41) is 0. The van der Waals surface area contributed by atoms with Crippen LogP contribution in [-0.4, -0.2) is 20.3 Å². The van der Waals surface area contributed by atoms with E-state index in [-0.39, 0.29) is 0 Å². The summed E-state index contributed by atoms with van der Waals surface area (Å²) in [6.45, 7) is 2.07. The number of carbonyl (C=O) groups excluding carboxylic acids is 1. The summed E-state index contributed by atoms with van der Waals surface area (Å²) in [6.07, 6.45) is 5.39. The molecule has 0 atom stereocenters. The lowest BCUT2D eigenvalue weighted by Gasteiger charge is -2.38. The Hall–Kier alpha value is -1.80. The summed E-state index contributed by atoms with van der Waals surface area (Å²) in [6, 6.07) is 3.94. The predicted octanol–water partition coefficient (Wildman–Crippen LogP) is 2.98. The molecule has 1 aromatic carbocycles. The minimum atomic E-state index is -0.441. The Balaban J connectivity index is 2.58. The van der Waals surface area contributed by atoms with Crippen LogP contribution in [0.15, 0.2) is 17.1 Å². The summed E-state index contributed by atoms with van der Waals surface area (Å²) in [5.74, 6) is 1.54. The summed E-state index contributed by atoms with van der Waals surface area (Å²) in [7, 11) is 3.27. The van der Waals surface area contributed by atoms with E-state index in [1.165, 1.54) is 0 Å². The van der Waals surface area contributed by atoms with Gasteiger partial charge in [0.15, 0.2) is 0 Å². The molecule has 0 saturated heterocycles. The maximum Gasteiger partial charge on any atom is 0.235 e. The van der Waals surface area contributed by atoms with Gasteiger partial charge in [-0.3, -0.25) is 0 Å². The van der Waals surface area contributed by atoms with Gasteiger partial charge >= 0.3 is 0 Å². The summed E-state index contributed by atoms with van der Waals surface area (Å²) in [5.41, 5.74) is 1.64. The fraction of sp³-hybridized carbons (Fsp3) is 0.533. The van der Waals surface area contributed by atoms with Crippen LogP contribution in [0, 0.1) is 0 Å². The first kappa shape index (κ1) is 13.6. The largest absolute Gasteiger partial charge is 0.496 e. The molecule has 0 aliphatic heterocycles. The first-order valence-electron chi connectivity index (χ1n) is 6.55. The van der Waals surface area contributed by atoms with Gasteiger partial charge in [-0.25, -0.2) is 4.79 Å². The molecule has 0 heterocycles. The van der Waals surface area contributed by atoms with Crippen molar-refractivity contribution >= 4 is 6.08 Å². The van der Waals surface area contributed by atoms with Crippen LogP contribution in [0.1, 0.15) is 37.3 Å². The molecular weight excluding hydrogens is 242 g/mol. The third kappa shape index (κ3) is 2.24. The van der Waals surface area contributed by atoms with Crippen molar-refractivity contribution in [2.75, 3.05) is 14.2 Å². The van der Waals surface area contributed by atoms with Gasteiger partial charge in [-0.15, -0.1) is 0 Å². The van der Waals surface area contributed by atoms with Crippen molar-refractivity contribution in [3.8, 4) is 11.5 Å². The van der Waals surface area contributed by atoms with E-state index in [4.69, 9.17) is 9.47 Å². The van der Waals surface area contributed by atoms with Crippen molar-refractivity contribution in [1.29, 1.82) is 0 Å². The molecule has 1 aliphatic carbocycles. The van der Waals surface area contributed by atoms with Gasteiger partial charge in [-0.2, -0.15) is 4.99 Å². The topological polar surface area (TPSA) is 47.9 Å². The number of rotatable bonds is 5. The first-order valence-corrected chi connectivity index (χ1v) is 6.55. The van der Waals surface area contributed by atoms with Gasteiger partial charge < -0.3 is 9.47 Å². The highest BCUT2D eigenvalue weighted by atomic mass is 16.5. The molecule has 1 saturated carbocycles. The van der Waals surface area contributed by atoms with E-state index >= 15 is 0 Å². The molecule has 0 bridgehead atoms. The fourth-order valence-electron chi connectivity index (χ4n) is 2.65. The Morgan fingerprint density at radius 1 is 1.26 bits per heavy atom. The van der Waals surface area contributed by atoms with E-state index in [0.717, 1.165) is 48.3 Å². The highest BCUT2D eigenvalue weighted by Gasteiger charge is 2.41. The number of aliphatic imine (C=N–C) groups is 1. The minimum absolute atomic E-state index is 0.441. The number of methoxy groups -OCH3 is 2. The zero-order chi connectivity index (χ0) is 13.9. The summed E-state index contributed by atoms with van der Waals surface area (Å²) in [4.78, 5) is 14.8. The minimum Gasteiger partial charge on any atom is -0.496 e. The Labute approximate surface area is 113 Å². The molecule has 19 heavy (non-hydrogen) atoms. The molecule has 0 amide bonds. The molecule has 4 nitrogen and oxygen atoms in total. The molecule has 2 rings (SSSR count). The number of hydrogen-bond donors (Lipinski definition) is 0. The van der Waals surface area contributed by atoms with Crippen molar-refractivity contribution in [2.45, 2.75) is 38.1 Å².